The molecule has 0 aliphatic heterocycles. The van der Waals surface area contributed by atoms with Crippen LogP contribution in [-0.2, 0) is 0 Å². The SMILES string of the molecule is N#Cc1c(N)nc(Br)c(C#N)c1C#N. The molecule has 0 spiro atoms. The molecule has 2 N–H and O–H groups in total. The van der Waals surface area contributed by atoms with Crippen molar-refractivity contribution in [3.8, 4) is 18.2 Å². The molecule has 14 heavy (non-hydrogen) atoms. The van der Waals surface area contributed by atoms with Crippen LogP contribution in [0, 0.1) is 34.0 Å². The van der Waals surface area contributed by atoms with E-state index in [9.17, 15) is 0 Å². The van der Waals surface area contributed by atoms with Gasteiger partial charge in [-0.2, -0.15) is 15.8 Å². The zero-order valence-electron chi connectivity index (χ0n) is 6.74. The molecule has 0 unspecified atom stereocenters. The zero-order valence-corrected chi connectivity index (χ0v) is 8.33. The van der Waals surface area contributed by atoms with Crippen molar-refractivity contribution in [2.75, 3.05) is 5.73 Å². The van der Waals surface area contributed by atoms with Crippen LogP contribution in [0.25, 0.3) is 0 Å². The molecular weight excluding hydrogens is 246 g/mol. The highest BCUT2D eigenvalue weighted by molar-refractivity contribution is 9.10. The summed E-state index contributed by atoms with van der Waals surface area (Å²) in [6.07, 6.45) is 0. The number of anilines is 1. The highest BCUT2D eigenvalue weighted by atomic mass is 79.9. The first-order chi connectivity index (χ1) is 6.65. The van der Waals surface area contributed by atoms with Gasteiger partial charge in [0.2, 0.25) is 0 Å². The molecule has 6 heteroatoms. The number of halogens is 1. The highest BCUT2D eigenvalue weighted by Crippen LogP contribution is 2.23. The van der Waals surface area contributed by atoms with E-state index in [1.54, 1.807) is 18.2 Å². The maximum Gasteiger partial charge on any atom is 0.144 e. The Morgan fingerprint density at radius 2 is 1.50 bits per heavy atom. The minimum Gasteiger partial charge on any atom is -0.383 e. The molecule has 0 saturated carbocycles. The van der Waals surface area contributed by atoms with E-state index in [1.807, 2.05) is 0 Å². The van der Waals surface area contributed by atoms with Gasteiger partial charge in [0.25, 0.3) is 0 Å². The first-order valence-corrected chi connectivity index (χ1v) is 4.14. The van der Waals surface area contributed by atoms with Gasteiger partial charge in [0.1, 0.15) is 39.8 Å². The van der Waals surface area contributed by atoms with Gasteiger partial charge in [0.15, 0.2) is 0 Å². The summed E-state index contributed by atoms with van der Waals surface area (Å²) in [6.45, 7) is 0. The lowest BCUT2D eigenvalue weighted by molar-refractivity contribution is 1.22. The number of aromatic nitrogens is 1. The predicted octanol–water partition coefficient (Wildman–Crippen LogP) is 1.04. The van der Waals surface area contributed by atoms with Gasteiger partial charge >= 0.3 is 0 Å². The van der Waals surface area contributed by atoms with Gasteiger partial charge in [0, 0.05) is 0 Å². The van der Waals surface area contributed by atoms with E-state index in [0.29, 0.717) is 0 Å². The second kappa shape index (κ2) is 3.74. The molecule has 1 aromatic heterocycles. The van der Waals surface area contributed by atoms with Crippen LogP contribution in [0.3, 0.4) is 0 Å². The lowest BCUT2D eigenvalue weighted by atomic mass is 10.1. The number of nitriles is 3. The molecule has 5 nitrogen and oxygen atoms in total. The van der Waals surface area contributed by atoms with Crippen LogP contribution in [0.4, 0.5) is 5.82 Å². The van der Waals surface area contributed by atoms with Gasteiger partial charge in [0.05, 0.1) is 5.56 Å². The van der Waals surface area contributed by atoms with Crippen LogP contribution >= 0.6 is 15.9 Å². The second-order valence-electron chi connectivity index (χ2n) is 2.25. The summed E-state index contributed by atoms with van der Waals surface area (Å²) in [5, 5.41) is 26.2. The molecule has 0 amide bonds. The third-order valence-electron chi connectivity index (χ3n) is 1.52. The van der Waals surface area contributed by atoms with Crippen LogP contribution in [0.1, 0.15) is 16.7 Å². The lowest BCUT2D eigenvalue weighted by Crippen LogP contribution is -2.02. The van der Waals surface area contributed by atoms with Crippen LogP contribution < -0.4 is 5.73 Å². The number of hydrogen-bond donors (Lipinski definition) is 1. The zero-order chi connectivity index (χ0) is 10.7. The highest BCUT2D eigenvalue weighted by Gasteiger charge is 2.16. The summed E-state index contributed by atoms with van der Waals surface area (Å²) in [5.74, 6) is -0.0603. The Morgan fingerprint density at radius 1 is 1.00 bits per heavy atom. The van der Waals surface area contributed by atoms with Crippen molar-refractivity contribution in [2.24, 2.45) is 0 Å². The molecule has 0 bridgehead atoms. The number of pyridine rings is 1. The van der Waals surface area contributed by atoms with E-state index in [4.69, 9.17) is 21.5 Å². The van der Waals surface area contributed by atoms with Crippen LogP contribution in [0.15, 0.2) is 4.60 Å². The normalized spacial score (nSPS) is 8.43. The Balaban J connectivity index is 3.76. The van der Waals surface area contributed by atoms with Gasteiger partial charge in [-0.15, -0.1) is 0 Å². The Bertz CT molecular complexity index is 476. The van der Waals surface area contributed by atoms with Crippen molar-refractivity contribution >= 4 is 21.7 Å². The first kappa shape index (κ1) is 9.98. The maximum atomic E-state index is 8.75. The number of rotatable bonds is 0. The predicted molar refractivity (Wildman–Crippen MR) is 50.5 cm³/mol. The first-order valence-electron chi connectivity index (χ1n) is 3.35. The summed E-state index contributed by atoms with van der Waals surface area (Å²) in [5.41, 5.74) is 5.32. The van der Waals surface area contributed by atoms with Crippen molar-refractivity contribution < 1.29 is 0 Å². The van der Waals surface area contributed by atoms with E-state index in [-0.39, 0.29) is 27.1 Å². The molecule has 0 radical (unpaired) electrons. The quantitative estimate of drug-likeness (QED) is 0.689. The van der Waals surface area contributed by atoms with E-state index < -0.39 is 0 Å². The Hall–Kier alpha value is -2.10. The summed E-state index contributed by atoms with van der Waals surface area (Å²) in [7, 11) is 0. The molecule has 1 aromatic rings. The average Bonchev–Trinajstić information content (AvgIpc) is 2.16. The summed E-state index contributed by atoms with van der Waals surface area (Å²) in [6, 6.07) is 5.27. The van der Waals surface area contributed by atoms with Crippen molar-refractivity contribution in [2.45, 2.75) is 0 Å². The summed E-state index contributed by atoms with van der Waals surface area (Å²) >= 11 is 2.99. The number of nitrogens with zero attached hydrogens (tertiary/aromatic N) is 4. The molecule has 0 aliphatic carbocycles. The Labute approximate surface area is 88.1 Å². The van der Waals surface area contributed by atoms with Crippen LogP contribution in [0.2, 0.25) is 0 Å². The van der Waals surface area contributed by atoms with E-state index in [2.05, 4.69) is 20.9 Å². The van der Waals surface area contributed by atoms with E-state index >= 15 is 0 Å². The van der Waals surface area contributed by atoms with Gasteiger partial charge in [-0.1, -0.05) is 0 Å². The Kier molecular flexibility index (Phi) is 2.67. The second-order valence-corrected chi connectivity index (χ2v) is 3.00. The van der Waals surface area contributed by atoms with Gasteiger partial charge in [-0.3, -0.25) is 0 Å². The smallest absolute Gasteiger partial charge is 0.144 e. The fourth-order valence-corrected chi connectivity index (χ4v) is 1.38. The van der Waals surface area contributed by atoms with Gasteiger partial charge in [-0.25, -0.2) is 4.98 Å². The maximum absolute atomic E-state index is 8.75. The molecule has 0 aromatic carbocycles. The molecule has 66 valence electrons. The van der Waals surface area contributed by atoms with Crippen molar-refractivity contribution in [3.05, 3.63) is 21.3 Å². The van der Waals surface area contributed by atoms with Crippen molar-refractivity contribution in [1.29, 1.82) is 15.8 Å². The van der Waals surface area contributed by atoms with Crippen LogP contribution in [0.5, 0.6) is 0 Å². The minimum atomic E-state index is -0.0627. The molecule has 0 aliphatic rings. The molecule has 1 rings (SSSR count). The number of nitrogen functional groups attached to an aromatic ring is 1. The third kappa shape index (κ3) is 1.37. The molecule has 0 atom stereocenters. The Morgan fingerprint density at radius 3 is 1.93 bits per heavy atom. The van der Waals surface area contributed by atoms with Crippen molar-refractivity contribution in [1.82, 2.24) is 4.98 Å². The largest absolute Gasteiger partial charge is 0.383 e. The fraction of sp³-hybridized carbons (Fsp3) is 0. The van der Waals surface area contributed by atoms with Crippen molar-refractivity contribution in [3.63, 3.8) is 0 Å². The summed E-state index contributed by atoms with van der Waals surface area (Å²) < 4.78 is 0.174. The molecular formula is C8H2BrN5. The average molecular weight is 248 g/mol. The van der Waals surface area contributed by atoms with Gasteiger partial charge in [-0.05, 0) is 15.9 Å². The third-order valence-corrected chi connectivity index (χ3v) is 2.09. The molecule has 0 fully saturated rings. The summed E-state index contributed by atoms with van der Waals surface area (Å²) in [4.78, 5) is 3.72. The minimum absolute atomic E-state index is 0.0262. The molecule has 1 heterocycles. The topological polar surface area (TPSA) is 110 Å². The monoisotopic (exact) mass is 247 g/mol. The van der Waals surface area contributed by atoms with Gasteiger partial charge < -0.3 is 5.73 Å². The number of hydrogen-bond acceptors (Lipinski definition) is 5. The standard InChI is InChI=1S/C8H2BrN5/c9-7-5(2-11)4(1-10)6(3-12)8(13)14-7/h(H2,13,14). The van der Waals surface area contributed by atoms with Crippen LogP contribution in [-0.4, -0.2) is 4.98 Å². The molecule has 0 saturated heterocycles. The van der Waals surface area contributed by atoms with E-state index in [1.165, 1.54) is 0 Å². The lowest BCUT2D eigenvalue weighted by Gasteiger charge is -2.02. The number of nitrogens with two attached hydrogens (primary N) is 1. The van der Waals surface area contributed by atoms with E-state index in [0.717, 1.165) is 0 Å². The fourth-order valence-electron chi connectivity index (χ4n) is 0.901.